The van der Waals surface area contributed by atoms with Gasteiger partial charge in [-0.15, -0.1) is 5.10 Å². The van der Waals surface area contributed by atoms with E-state index in [-0.39, 0.29) is 11.4 Å². The highest BCUT2D eigenvalue weighted by Gasteiger charge is 2.33. The van der Waals surface area contributed by atoms with Gasteiger partial charge in [-0.25, -0.2) is 9.07 Å². The Hall–Kier alpha value is -4.37. The zero-order valence-electron chi connectivity index (χ0n) is 22.7. The predicted molar refractivity (Wildman–Crippen MR) is 154 cm³/mol. The Labute approximate surface area is 232 Å². The van der Waals surface area contributed by atoms with E-state index >= 15 is 0 Å². The van der Waals surface area contributed by atoms with Crippen LogP contribution in [0.3, 0.4) is 0 Å². The van der Waals surface area contributed by atoms with Crippen molar-refractivity contribution in [1.29, 1.82) is 0 Å². The Morgan fingerprint density at radius 2 is 1.65 bits per heavy atom. The number of hydrogen-bond donors (Lipinski definition) is 1. The van der Waals surface area contributed by atoms with E-state index in [2.05, 4.69) is 55.4 Å². The van der Waals surface area contributed by atoms with Gasteiger partial charge in [-0.3, -0.25) is 9.69 Å². The molecule has 40 heavy (non-hydrogen) atoms. The average Bonchev–Trinajstić information content (AvgIpc) is 3.43. The second-order valence-electron chi connectivity index (χ2n) is 10.5. The summed E-state index contributed by atoms with van der Waals surface area (Å²) in [5, 5.41) is 13.8. The minimum Gasteiger partial charge on any atom is -0.367 e. The zero-order chi connectivity index (χ0) is 27.6. The number of nitrogens with one attached hydrogen (secondary N) is 1. The summed E-state index contributed by atoms with van der Waals surface area (Å²) in [5.41, 5.74) is 5.33. The van der Waals surface area contributed by atoms with Crippen molar-refractivity contribution in [3.63, 3.8) is 0 Å². The number of hydrogen-bond acceptors (Lipinski definition) is 6. The van der Waals surface area contributed by atoms with E-state index in [0.29, 0.717) is 49.8 Å². The van der Waals surface area contributed by atoms with E-state index < -0.39 is 6.04 Å². The fourth-order valence-electron chi connectivity index (χ4n) is 5.57. The van der Waals surface area contributed by atoms with Crippen molar-refractivity contribution in [2.45, 2.75) is 32.9 Å². The molecule has 8 nitrogen and oxygen atoms in total. The summed E-state index contributed by atoms with van der Waals surface area (Å²) >= 11 is 0. The number of benzene rings is 3. The van der Waals surface area contributed by atoms with Crippen molar-refractivity contribution in [3.05, 3.63) is 117 Å². The molecule has 3 heterocycles. The largest absolute Gasteiger partial charge is 0.367 e. The number of piperazine rings is 1. The van der Waals surface area contributed by atoms with Crippen LogP contribution in [0.25, 0.3) is 10.9 Å². The van der Waals surface area contributed by atoms with Gasteiger partial charge in [0.05, 0.1) is 5.69 Å². The van der Waals surface area contributed by atoms with Gasteiger partial charge in [-0.2, -0.15) is 0 Å². The number of para-hydroxylation sites is 1. The first-order valence-electron chi connectivity index (χ1n) is 13.7. The first-order valence-corrected chi connectivity index (χ1v) is 13.7. The number of aromatic amines is 1. The van der Waals surface area contributed by atoms with Crippen LogP contribution >= 0.6 is 0 Å². The molecule has 1 fully saturated rings. The maximum Gasteiger partial charge on any atom is 0.253 e. The Morgan fingerprint density at radius 1 is 0.925 bits per heavy atom. The van der Waals surface area contributed by atoms with Crippen molar-refractivity contribution >= 4 is 16.6 Å². The quantitative estimate of drug-likeness (QED) is 0.331. The molecule has 0 radical (unpaired) electrons. The number of aromatic nitrogens is 5. The first-order chi connectivity index (χ1) is 19.5. The van der Waals surface area contributed by atoms with E-state index in [1.54, 1.807) is 6.07 Å². The summed E-state index contributed by atoms with van der Waals surface area (Å²) in [6, 6.07) is 22.7. The second kappa shape index (κ2) is 11.0. The fraction of sp³-hybridized carbons (Fsp3) is 0.290. The number of nitrogens with zero attached hydrogens (tertiary/aromatic N) is 6. The molecule has 2 aromatic heterocycles. The molecule has 5 aromatic rings. The van der Waals surface area contributed by atoms with Crippen LogP contribution in [0, 0.1) is 19.7 Å². The third-order valence-corrected chi connectivity index (χ3v) is 7.91. The molecule has 0 saturated carbocycles. The number of fused-ring (bicyclic) bond motifs is 1. The van der Waals surface area contributed by atoms with Crippen LogP contribution in [0.15, 0.2) is 77.6 Å². The van der Waals surface area contributed by atoms with E-state index in [4.69, 9.17) is 0 Å². The molecule has 0 spiro atoms. The molecular weight excluding hydrogens is 505 g/mol. The molecule has 1 aliphatic rings. The van der Waals surface area contributed by atoms with Gasteiger partial charge in [0, 0.05) is 43.8 Å². The van der Waals surface area contributed by atoms with Gasteiger partial charge in [0.15, 0.2) is 5.82 Å². The van der Waals surface area contributed by atoms with Gasteiger partial charge in [0.1, 0.15) is 11.9 Å². The van der Waals surface area contributed by atoms with Crippen molar-refractivity contribution < 1.29 is 4.39 Å². The molecule has 0 bridgehead atoms. The lowest BCUT2D eigenvalue weighted by atomic mass is 10.00. The normalized spacial score (nSPS) is 15.0. The Morgan fingerprint density at radius 3 is 2.42 bits per heavy atom. The van der Waals surface area contributed by atoms with Crippen LogP contribution in [0.5, 0.6) is 0 Å². The Bertz CT molecular complexity index is 1690. The van der Waals surface area contributed by atoms with Crippen LogP contribution in [0.1, 0.15) is 34.1 Å². The molecule has 0 aliphatic carbocycles. The molecule has 9 heteroatoms. The molecule has 204 valence electrons. The van der Waals surface area contributed by atoms with Crippen molar-refractivity contribution in [2.75, 3.05) is 31.1 Å². The summed E-state index contributed by atoms with van der Waals surface area (Å²) in [4.78, 5) is 21.0. The number of pyridine rings is 1. The highest BCUT2D eigenvalue weighted by atomic mass is 19.1. The first kappa shape index (κ1) is 25.9. The number of tetrazole rings is 1. The molecule has 1 saturated heterocycles. The molecule has 0 amide bonds. The van der Waals surface area contributed by atoms with Gasteiger partial charge in [-0.1, -0.05) is 42.5 Å². The number of anilines is 1. The summed E-state index contributed by atoms with van der Waals surface area (Å²) in [6.07, 6.45) is 0.763. The molecule has 0 unspecified atom stereocenters. The molecule has 3 aromatic carbocycles. The zero-order valence-corrected chi connectivity index (χ0v) is 22.7. The van der Waals surface area contributed by atoms with E-state index in [1.165, 1.54) is 11.6 Å². The van der Waals surface area contributed by atoms with Gasteiger partial charge in [0.2, 0.25) is 0 Å². The second-order valence-corrected chi connectivity index (χ2v) is 10.5. The molecule has 1 N–H and O–H groups in total. The predicted octanol–water partition coefficient (Wildman–Crippen LogP) is 4.42. The molecule has 1 atom stereocenters. The molecule has 6 rings (SSSR count). The minimum atomic E-state index is -0.455. The van der Waals surface area contributed by atoms with Crippen molar-refractivity contribution in [2.24, 2.45) is 0 Å². The fourth-order valence-corrected chi connectivity index (χ4v) is 5.57. The van der Waals surface area contributed by atoms with Crippen LogP contribution in [0.4, 0.5) is 10.1 Å². The lowest BCUT2D eigenvalue weighted by molar-refractivity contribution is 0.199. The average molecular weight is 538 g/mol. The van der Waals surface area contributed by atoms with Crippen LogP contribution in [-0.2, 0) is 13.0 Å². The van der Waals surface area contributed by atoms with Crippen molar-refractivity contribution in [3.8, 4) is 0 Å². The van der Waals surface area contributed by atoms with E-state index in [0.717, 1.165) is 28.5 Å². The van der Waals surface area contributed by atoms with Gasteiger partial charge < -0.3 is 9.88 Å². The molecule has 1 aliphatic heterocycles. The molecular formula is C31H32FN7O. The van der Waals surface area contributed by atoms with Crippen LogP contribution < -0.4 is 10.5 Å². The van der Waals surface area contributed by atoms with Gasteiger partial charge >= 0.3 is 0 Å². The minimum absolute atomic E-state index is 0.158. The van der Waals surface area contributed by atoms with E-state index in [1.807, 2.05) is 54.1 Å². The maximum absolute atomic E-state index is 14.5. The summed E-state index contributed by atoms with van der Waals surface area (Å²) in [5.74, 6) is 0.401. The lowest BCUT2D eigenvalue weighted by Gasteiger charge is -2.39. The number of H-pyrrole nitrogens is 1. The van der Waals surface area contributed by atoms with E-state index in [9.17, 15) is 9.18 Å². The third kappa shape index (κ3) is 5.12. The standard InChI is InChI=1S/C31H32FN7O/c1-21-18-24-20-25(31(40)33-27(24)19-22(21)2)29(30-34-35-36-39(30)13-12-23-8-4-3-5-9-23)38-16-14-37(15-17-38)28-11-7-6-10-26(28)32/h3-11,18-20,29H,12-17H2,1-2H3,(H,33,40)/t29-/m1/s1. The Kier molecular flexibility index (Phi) is 7.13. The number of aryl methyl sites for hydroxylation is 4. The van der Waals surface area contributed by atoms with Crippen LogP contribution in [-0.4, -0.2) is 56.3 Å². The lowest BCUT2D eigenvalue weighted by Crippen LogP contribution is -2.49. The Balaban J connectivity index is 1.37. The summed E-state index contributed by atoms with van der Waals surface area (Å²) in [6.45, 7) is 7.17. The van der Waals surface area contributed by atoms with Crippen LogP contribution in [0.2, 0.25) is 0 Å². The smallest absolute Gasteiger partial charge is 0.253 e. The highest BCUT2D eigenvalue weighted by Crippen LogP contribution is 2.30. The number of rotatable bonds is 7. The summed E-state index contributed by atoms with van der Waals surface area (Å²) in [7, 11) is 0. The van der Waals surface area contributed by atoms with Gasteiger partial charge in [-0.05, 0) is 83.1 Å². The monoisotopic (exact) mass is 537 g/mol. The third-order valence-electron chi connectivity index (χ3n) is 7.91. The topological polar surface area (TPSA) is 82.9 Å². The highest BCUT2D eigenvalue weighted by molar-refractivity contribution is 5.81. The SMILES string of the molecule is Cc1cc2cc([C@H](c3nnnn3CCc3ccccc3)N3CCN(c4ccccc4F)CC3)c(=O)[nH]c2cc1C. The van der Waals surface area contributed by atoms with Crippen molar-refractivity contribution in [1.82, 2.24) is 30.1 Å². The maximum atomic E-state index is 14.5. The number of halogens is 1. The van der Waals surface area contributed by atoms with Gasteiger partial charge in [0.25, 0.3) is 5.56 Å². The summed E-state index contributed by atoms with van der Waals surface area (Å²) < 4.78 is 16.3.